The van der Waals surface area contributed by atoms with Gasteiger partial charge in [0, 0.05) is 11.5 Å². The van der Waals surface area contributed by atoms with Crippen LogP contribution < -0.4 is 0 Å². The average Bonchev–Trinajstić information content (AvgIpc) is 3.42. The standard InChI is InChI=1S/C49H95N3O22/c1-54-48(53)49(5-3-2-4-6-49)47-74-46-45-73-44-43-72-42-41-71-40-39-70-38-37-69-36-35-68-34-33-67-32-31-66-30-29-65-28-27-64-26-25-63-24-23-62-22-21-61-20-19-60-18-17-59-16-15-58-14-13-57-12-11-56-10-9-55-8-7-51-52-50/h2-47H2,1H3. The van der Waals surface area contributed by atoms with E-state index in [1.165, 1.54) is 7.11 Å². The number of ether oxygens (including phenoxy) is 21. The van der Waals surface area contributed by atoms with Crippen LogP contribution in [0.4, 0.5) is 0 Å². The molecular formula is C49H95N3O22. The van der Waals surface area contributed by atoms with Crippen LogP contribution in [0.1, 0.15) is 32.1 Å². The molecule has 0 radical (unpaired) electrons. The van der Waals surface area contributed by atoms with E-state index in [0.717, 1.165) is 32.1 Å². The predicted molar refractivity (Wildman–Crippen MR) is 268 cm³/mol. The second-order valence-electron chi connectivity index (χ2n) is 16.0. The van der Waals surface area contributed by atoms with Crippen LogP contribution in [-0.4, -0.2) is 284 Å². The number of carbonyl (C=O) groups excluding carboxylic acids is 1. The van der Waals surface area contributed by atoms with E-state index in [0.29, 0.717) is 271 Å². The van der Waals surface area contributed by atoms with Crippen molar-refractivity contribution in [3.05, 3.63) is 10.4 Å². The first-order chi connectivity index (χ1) is 36.7. The molecule has 0 aromatic heterocycles. The molecule has 0 saturated heterocycles. The van der Waals surface area contributed by atoms with Crippen molar-refractivity contribution in [3.63, 3.8) is 0 Å². The molecule has 0 aromatic rings. The van der Waals surface area contributed by atoms with Crippen LogP contribution in [0, 0.1) is 5.41 Å². The van der Waals surface area contributed by atoms with Gasteiger partial charge < -0.3 is 99.5 Å². The van der Waals surface area contributed by atoms with E-state index in [4.69, 9.17) is 105 Å². The van der Waals surface area contributed by atoms with Gasteiger partial charge in [0.1, 0.15) is 0 Å². The quantitative estimate of drug-likeness (QED) is 0.0279. The Balaban J connectivity index is 1.61. The number of hydrogen-bond donors (Lipinski definition) is 0. The van der Waals surface area contributed by atoms with E-state index >= 15 is 0 Å². The first-order valence-corrected chi connectivity index (χ1v) is 26.4. The van der Waals surface area contributed by atoms with E-state index in [1.807, 2.05) is 0 Å². The molecule has 0 N–H and O–H groups in total. The normalized spacial score (nSPS) is 13.4. The number of rotatable bonds is 63. The molecule has 1 rings (SSSR count). The van der Waals surface area contributed by atoms with Crippen molar-refractivity contribution in [2.24, 2.45) is 10.5 Å². The van der Waals surface area contributed by atoms with Crippen molar-refractivity contribution in [1.29, 1.82) is 0 Å². The zero-order valence-corrected chi connectivity index (χ0v) is 44.9. The SMILES string of the molecule is COC(=O)C1(COCCOCCOCCOCCOCCOCCOCCOCCOCCOCCOCCOCCOCCOCCOCCOCCOCCOCCOCCOCCN=[N+]=[N-])CCCCC1. The third-order valence-corrected chi connectivity index (χ3v) is 10.3. The van der Waals surface area contributed by atoms with Gasteiger partial charge in [-0.1, -0.05) is 24.4 Å². The molecule has 25 nitrogen and oxygen atoms in total. The highest BCUT2D eigenvalue weighted by atomic mass is 16.6. The molecule has 0 bridgehead atoms. The van der Waals surface area contributed by atoms with Crippen LogP contribution in [0.25, 0.3) is 10.4 Å². The molecular weight excluding hydrogens is 983 g/mol. The first-order valence-electron chi connectivity index (χ1n) is 26.4. The molecule has 0 aromatic carbocycles. The summed E-state index contributed by atoms with van der Waals surface area (Å²) in [5.74, 6) is -0.165. The summed E-state index contributed by atoms with van der Waals surface area (Å²) in [4.78, 5) is 14.9. The third-order valence-electron chi connectivity index (χ3n) is 10.3. The number of esters is 1. The Kier molecular flexibility index (Phi) is 57.0. The third kappa shape index (κ3) is 50.8. The van der Waals surface area contributed by atoms with Crippen molar-refractivity contribution < 1.29 is 104 Å². The number of methoxy groups -OCH3 is 1. The second-order valence-corrected chi connectivity index (χ2v) is 16.0. The van der Waals surface area contributed by atoms with E-state index < -0.39 is 5.41 Å². The molecule has 1 aliphatic rings. The molecule has 0 aliphatic heterocycles. The zero-order chi connectivity index (χ0) is 52.9. The topological polar surface area (TPSA) is 260 Å². The van der Waals surface area contributed by atoms with Crippen molar-refractivity contribution in [2.75, 3.05) is 278 Å². The Labute approximate surface area is 440 Å². The van der Waals surface area contributed by atoms with Gasteiger partial charge in [-0.15, -0.1) is 0 Å². The fourth-order valence-corrected chi connectivity index (χ4v) is 6.45. The monoisotopic (exact) mass is 1080 g/mol. The van der Waals surface area contributed by atoms with Crippen molar-refractivity contribution in [1.82, 2.24) is 0 Å². The minimum Gasteiger partial charge on any atom is -0.469 e. The van der Waals surface area contributed by atoms with E-state index in [-0.39, 0.29) is 5.97 Å². The summed E-state index contributed by atoms with van der Waals surface area (Å²) in [5, 5.41) is 3.38. The van der Waals surface area contributed by atoms with Gasteiger partial charge in [-0.05, 0) is 18.4 Å². The maximum Gasteiger partial charge on any atom is 0.314 e. The minimum absolute atomic E-state index is 0.165. The van der Waals surface area contributed by atoms with Gasteiger partial charge in [0.15, 0.2) is 0 Å². The number of carbonyl (C=O) groups is 1. The van der Waals surface area contributed by atoms with E-state index in [1.54, 1.807) is 0 Å². The molecule has 438 valence electrons. The predicted octanol–water partition coefficient (Wildman–Crippen LogP) is 2.75. The van der Waals surface area contributed by atoms with Gasteiger partial charge in [-0.2, -0.15) is 0 Å². The largest absolute Gasteiger partial charge is 0.469 e. The maximum atomic E-state index is 12.3. The smallest absolute Gasteiger partial charge is 0.314 e. The first kappa shape index (κ1) is 70.0. The lowest BCUT2D eigenvalue weighted by molar-refractivity contribution is -0.160. The van der Waals surface area contributed by atoms with Crippen molar-refractivity contribution in [2.45, 2.75) is 32.1 Å². The Hall–Kier alpha value is -2.02. The van der Waals surface area contributed by atoms with Crippen LogP contribution in [0.15, 0.2) is 5.11 Å². The molecule has 0 amide bonds. The Bertz CT molecular complexity index is 1180. The zero-order valence-electron chi connectivity index (χ0n) is 44.9. The van der Waals surface area contributed by atoms with Crippen LogP contribution >= 0.6 is 0 Å². The molecule has 1 saturated carbocycles. The van der Waals surface area contributed by atoms with Crippen LogP contribution in [0.2, 0.25) is 0 Å². The summed E-state index contributed by atoms with van der Waals surface area (Å²) in [5.41, 5.74) is 7.67. The summed E-state index contributed by atoms with van der Waals surface area (Å²) in [6.45, 7) is 19.3. The Morgan fingerprint density at radius 3 is 0.703 bits per heavy atom. The lowest BCUT2D eigenvalue weighted by Crippen LogP contribution is -2.39. The second kappa shape index (κ2) is 60.2. The highest BCUT2D eigenvalue weighted by Crippen LogP contribution is 2.37. The molecule has 74 heavy (non-hydrogen) atoms. The summed E-state index contributed by atoms with van der Waals surface area (Å²) in [6, 6.07) is 0. The number of hydrogen-bond acceptors (Lipinski definition) is 23. The lowest BCUT2D eigenvalue weighted by Gasteiger charge is -2.34. The average molecular weight is 1080 g/mol. The van der Waals surface area contributed by atoms with Gasteiger partial charge in [0.25, 0.3) is 0 Å². The Morgan fingerprint density at radius 2 is 0.514 bits per heavy atom. The lowest BCUT2D eigenvalue weighted by atomic mass is 9.74. The van der Waals surface area contributed by atoms with Crippen LogP contribution in [0.3, 0.4) is 0 Å². The van der Waals surface area contributed by atoms with E-state index in [2.05, 4.69) is 10.0 Å². The molecule has 0 heterocycles. The van der Waals surface area contributed by atoms with Gasteiger partial charge in [-0.25, -0.2) is 0 Å². The van der Waals surface area contributed by atoms with Gasteiger partial charge >= 0.3 is 5.97 Å². The maximum absolute atomic E-state index is 12.3. The van der Waals surface area contributed by atoms with Crippen LogP contribution in [0.5, 0.6) is 0 Å². The van der Waals surface area contributed by atoms with Gasteiger partial charge in [-0.3, -0.25) is 4.79 Å². The number of azide groups is 1. The fraction of sp³-hybridized carbons (Fsp3) is 0.980. The summed E-state index contributed by atoms with van der Waals surface area (Å²) < 4.78 is 115. The van der Waals surface area contributed by atoms with Crippen molar-refractivity contribution in [3.8, 4) is 0 Å². The highest BCUT2D eigenvalue weighted by molar-refractivity contribution is 5.77. The van der Waals surface area contributed by atoms with Gasteiger partial charge in [0.05, 0.1) is 277 Å². The molecule has 1 fully saturated rings. The molecule has 0 unspecified atom stereocenters. The Morgan fingerprint density at radius 1 is 0.324 bits per heavy atom. The molecule has 25 heteroatoms. The van der Waals surface area contributed by atoms with Gasteiger partial charge in [0.2, 0.25) is 0 Å². The molecule has 0 atom stereocenters. The molecule has 0 spiro atoms. The summed E-state index contributed by atoms with van der Waals surface area (Å²) in [6.07, 6.45) is 4.86. The summed E-state index contributed by atoms with van der Waals surface area (Å²) >= 11 is 0. The molecule has 1 aliphatic carbocycles. The fourth-order valence-electron chi connectivity index (χ4n) is 6.45. The van der Waals surface area contributed by atoms with E-state index in [9.17, 15) is 4.79 Å². The number of nitrogens with zero attached hydrogens (tertiary/aromatic N) is 3. The van der Waals surface area contributed by atoms with Crippen molar-refractivity contribution >= 4 is 5.97 Å². The van der Waals surface area contributed by atoms with Crippen LogP contribution in [-0.2, 0) is 104 Å². The minimum atomic E-state index is -0.500. The highest BCUT2D eigenvalue weighted by Gasteiger charge is 2.40. The summed E-state index contributed by atoms with van der Waals surface area (Å²) in [7, 11) is 1.44.